The van der Waals surface area contributed by atoms with Gasteiger partial charge < -0.3 is 4.98 Å². The number of H-pyrrole nitrogens is 1. The summed E-state index contributed by atoms with van der Waals surface area (Å²) in [6.45, 7) is 0. The minimum absolute atomic E-state index is 0.199. The molecule has 2 heterocycles. The standard InChI is InChI=1S/C10H8ClN3O5S2/c11-7-1-3-12-5-9(7)20(16,17)14-21(18,19)10-6-13-4-2-8(10)15/h1-6,14H,(H,13,15). The van der Waals surface area contributed by atoms with Crippen molar-refractivity contribution in [2.75, 3.05) is 0 Å². The third kappa shape index (κ3) is 3.29. The molecule has 0 fully saturated rings. The van der Waals surface area contributed by atoms with Crippen LogP contribution in [0.4, 0.5) is 0 Å². The highest BCUT2D eigenvalue weighted by Crippen LogP contribution is 2.20. The van der Waals surface area contributed by atoms with E-state index < -0.39 is 35.3 Å². The molecule has 21 heavy (non-hydrogen) atoms. The second-order valence-corrected chi connectivity index (χ2v) is 7.74. The van der Waals surface area contributed by atoms with E-state index in [4.69, 9.17) is 11.6 Å². The summed E-state index contributed by atoms with van der Waals surface area (Å²) in [6, 6.07) is 2.15. The van der Waals surface area contributed by atoms with Gasteiger partial charge >= 0.3 is 0 Å². The summed E-state index contributed by atoms with van der Waals surface area (Å²) in [5.41, 5.74) is -0.853. The van der Waals surface area contributed by atoms with E-state index in [1.165, 1.54) is 22.6 Å². The summed E-state index contributed by atoms with van der Waals surface area (Å²) in [5, 5.41) is -0.199. The lowest BCUT2D eigenvalue weighted by Gasteiger charge is -2.08. The van der Waals surface area contributed by atoms with E-state index in [0.717, 1.165) is 18.5 Å². The van der Waals surface area contributed by atoms with Crippen molar-refractivity contribution < 1.29 is 16.8 Å². The Morgan fingerprint density at radius 3 is 2.38 bits per heavy atom. The Kier molecular flexibility index (Phi) is 4.14. The first-order valence-corrected chi connectivity index (χ1v) is 8.64. The van der Waals surface area contributed by atoms with Crippen LogP contribution in [0.25, 0.3) is 0 Å². The van der Waals surface area contributed by atoms with Gasteiger partial charge in [0.15, 0.2) is 0 Å². The summed E-state index contributed by atoms with van der Waals surface area (Å²) in [7, 11) is -9.08. The molecule has 0 atom stereocenters. The number of aromatic amines is 1. The highest BCUT2D eigenvalue weighted by atomic mass is 35.5. The fourth-order valence-corrected chi connectivity index (χ4v) is 4.77. The number of sulfonamides is 2. The maximum atomic E-state index is 12.0. The molecule has 2 aromatic heterocycles. The van der Waals surface area contributed by atoms with Crippen molar-refractivity contribution in [1.29, 1.82) is 0 Å². The Bertz CT molecular complexity index is 937. The monoisotopic (exact) mass is 349 g/mol. The van der Waals surface area contributed by atoms with Crippen LogP contribution in [-0.4, -0.2) is 26.8 Å². The fraction of sp³-hybridized carbons (Fsp3) is 0. The Labute approximate surface area is 124 Å². The zero-order valence-electron chi connectivity index (χ0n) is 10.1. The summed E-state index contributed by atoms with van der Waals surface area (Å²) in [6.07, 6.45) is 4.24. The molecule has 0 bridgehead atoms. The van der Waals surface area contributed by atoms with Gasteiger partial charge in [0.05, 0.1) is 5.02 Å². The van der Waals surface area contributed by atoms with E-state index in [2.05, 4.69) is 9.97 Å². The second-order valence-electron chi connectivity index (χ2n) is 3.77. The highest BCUT2D eigenvalue weighted by Gasteiger charge is 2.28. The minimum Gasteiger partial charge on any atom is -0.366 e. The van der Waals surface area contributed by atoms with Crippen molar-refractivity contribution in [1.82, 2.24) is 14.1 Å². The molecule has 0 radical (unpaired) electrons. The molecule has 0 saturated carbocycles. The van der Waals surface area contributed by atoms with E-state index in [1.54, 1.807) is 0 Å². The van der Waals surface area contributed by atoms with E-state index in [-0.39, 0.29) is 5.02 Å². The van der Waals surface area contributed by atoms with Crippen molar-refractivity contribution in [3.8, 4) is 0 Å². The van der Waals surface area contributed by atoms with Crippen LogP contribution < -0.4 is 9.56 Å². The van der Waals surface area contributed by atoms with Gasteiger partial charge in [-0.2, -0.15) is 0 Å². The van der Waals surface area contributed by atoms with Crippen molar-refractivity contribution in [3.05, 3.63) is 52.2 Å². The van der Waals surface area contributed by atoms with Crippen molar-refractivity contribution in [2.24, 2.45) is 0 Å². The van der Waals surface area contributed by atoms with Gasteiger partial charge in [-0.1, -0.05) is 11.6 Å². The molecule has 2 N–H and O–H groups in total. The first-order chi connectivity index (χ1) is 9.74. The zero-order valence-corrected chi connectivity index (χ0v) is 12.5. The Balaban J connectivity index is 2.49. The lowest BCUT2D eigenvalue weighted by atomic mass is 10.5. The van der Waals surface area contributed by atoms with E-state index in [1.807, 2.05) is 0 Å². The molecule has 0 aliphatic rings. The molecule has 2 rings (SSSR count). The lowest BCUT2D eigenvalue weighted by molar-refractivity contribution is 0.576. The van der Waals surface area contributed by atoms with Crippen LogP contribution >= 0.6 is 11.6 Å². The predicted octanol–water partition coefficient (Wildman–Crippen LogP) is 0.0905. The first-order valence-electron chi connectivity index (χ1n) is 5.29. The average Bonchev–Trinajstić information content (AvgIpc) is 2.38. The third-order valence-corrected chi connectivity index (χ3v) is 6.32. The van der Waals surface area contributed by atoms with Crippen LogP contribution in [0.5, 0.6) is 0 Å². The molecule has 0 saturated heterocycles. The zero-order chi connectivity index (χ0) is 15.7. The molecule has 112 valence electrons. The summed E-state index contributed by atoms with van der Waals surface area (Å²) >= 11 is 5.69. The molecule has 0 aromatic carbocycles. The van der Waals surface area contributed by atoms with Gasteiger partial charge in [0.25, 0.3) is 20.0 Å². The van der Waals surface area contributed by atoms with Crippen molar-refractivity contribution in [3.63, 3.8) is 0 Å². The van der Waals surface area contributed by atoms with E-state index >= 15 is 0 Å². The molecule has 0 spiro atoms. The lowest BCUT2D eigenvalue weighted by Crippen LogP contribution is -2.33. The largest absolute Gasteiger partial charge is 0.366 e. The number of halogens is 1. The second kappa shape index (κ2) is 5.56. The maximum absolute atomic E-state index is 12.0. The topological polar surface area (TPSA) is 126 Å². The van der Waals surface area contributed by atoms with Crippen LogP contribution in [0.2, 0.25) is 5.02 Å². The average molecular weight is 350 g/mol. The summed E-state index contributed by atoms with van der Waals surface area (Å²) < 4.78 is 49.5. The number of rotatable bonds is 4. The predicted molar refractivity (Wildman–Crippen MR) is 73.8 cm³/mol. The van der Waals surface area contributed by atoms with Crippen LogP contribution in [0.1, 0.15) is 0 Å². The molecule has 0 unspecified atom stereocenters. The number of hydrogen-bond donors (Lipinski definition) is 2. The van der Waals surface area contributed by atoms with Gasteiger partial charge in [0, 0.05) is 30.9 Å². The van der Waals surface area contributed by atoms with Crippen LogP contribution in [0.15, 0.2) is 51.5 Å². The van der Waals surface area contributed by atoms with Gasteiger partial charge in [-0.15, -0.1) is 4.13 Å². The third-order valence-electron chi connectivity index (χ3n) is 2.32. The number of pyridine rings is 2. The van der Waals surface area contributed by atoms with E-state index in [9.17, 15) is 21.6 Å². The fourth-order valence-electron chi connectivity index (χ4n) is 1.41. The normalized spacial score (nSPS) is 12.2. The minimum atomic E-state index is -4.58. The summed E-state index contributed by atoms with van der Waals surface area (Å²) in [4.78, 5) is 16.2. The highest BCUT2D eigenvalue weighted by molar-refractivity contribution is 8.04. The number of hydrogen-bond acceptors (Lipinski definition) is 6. The van der Waals surface area contributed by atoms with Gasteiger partial charge in [0.2, 0.25) is 5.43 Å². The van der Waals surface area contributed by atoms with E-state index in [0.29, 0.717) is 0 Å². The van der Waals surface area contributed by atoms with Gasteiger partial charge in [-0.05, 0) is 6.07 Å². The van der Waals surface area contributed by atoms with Crippen LogP contribution in [-0.2, 0) is 20.0 Å². The molecular weight excluding hydrogens is 342 g/mol. The van der Waals surface area contributed by atoms with Crippen LogP contribution in [0.3, 0.4) is 0 Å². The maximum Gasteiger partial charge on any atom is 0.259 e. The number of aromatic nitrogens is 2. The Morgan fingerprint density at radius 1 is 1.10 bits per heavy atom. The number of nitrogens with zero attached hydrogens (tertiary/aromatic N) is 1. The molecule has 0 aliphatic heterocycles. The molecular formula is C10H8ClN3O5S2. The number of nitrogens with one attached hydrogen (secondary N) is 2. The van der Waals surface area contributed by atoms with Gasteiger partial charge in [0.1, 0.15) is 9.79 Å². The SMILES string of the molecule is O=c1cc[nH]cc1S(=O)(=O)NS(=O)(=O)c1cnccc1Cl. The molecule has 2 aromatic rings. The smallest absolute Gasteiger partial charge is 0.259 e. The Morgan fingerprint density at radius 2 is 1.76 bits per heavy atom. The molecule has 0 aliphatic carbocycles. The Hall–Kier alpha value is -1.75. The van der Waals surface area contributed by atoms with Gasteiger partial charge in [-0.3, -0.25) is 9.78 Å². The van der Waals surface area contributed by atoms with Crippen LogP contribution in [0, 0.1) is 0 Å². The van der Waals surface area contributed by atoms with Crippen molar-refractivity contribution in [2.45, 2.75) is 9.79 Å². The summed E-state index contributed by atoms with van der Waals surface area (Å²) in [5.74, 6) is 0. The molecule has 0 amide bonds. The first kappa shape index (κ1) is 15.6. The van der Waals surface area contributed by atoms with Crippen molar-refractivity contribution >= 4 is 31.6 Å². The molecule has 11 heteroatoms. The molecule has 8 nitrogen and oxygen atoms in total. The quantitative estimate of drug-likeness (QED) is 0.805. The van der Waals surface area contributed by atoms with Gasteiger partial charge in [-0.25, -0.2) is 16.8 Å².